The molecule has 1 fully saturated rings. The van der Waals surface area contributed by atoms with Crippen molar-refractivity contribution in [1.82, 2.24) is 16.2 Å². The van der Waals surface area contributed by atoms with Crippen LogP contribution < -0.4 is 21.5 Å². The molecule has 4 rings (SSSR count). The fourth-order valence-corrected chi connectivity index (χ4v) is 3.78. The zero-order chi connectivity index (χ0) is 18.0. The Balaban J connectivity index is 1.59. The highest BCUT2D eigenvalue weighted by atomic mass is 35.5. The Labute approximate surface area is 163 Å². The van der Waals surface area contributed by atoms with Gasteiger partial charge < -0.3 is 16.1 Å². The van der Waals surface area contributed by atoms with Crippen molar-refractivity contribution in [3.05, 3.63) is 58.1 Å². The maximum absolute atomic E-state index is 6.20. The van der Waals surface area contributed by atoms with Gasteiger partial charge in [0.15, 0.2) is 0 Å². The Kier molecular flexibility index (Phi) is 5.05. The van der Waals surface area contributed by atoms with Gasteiger partial charge in [0.05, 0.1) is 27.0 Å². The van der Waals surface area contributed by atoms with Gasteiger partial charge in [-0.2, -0.15) is 0 Å². The predicted molar refractivity (Wildman–Crippen MR) is 108 cm³/mol. The average Bonchev–Trinajstić information content (AvgIpc) is 2.66. The molecule has 0 atom stereocenters. The molecule has 0 saturated carbocycles. The van der Waals surface area contributed by atoms with Crippen molar-refractivity contribution in [2.24, 2.45) is 4.99 Å². The van der Waals surface area contributed by atoms with Crippen molar-refractivity contribution >= 4 is 40.4 Å². The van der Waals surface area contributed by atoms with Crippen LogP contribution in [0.3, 0.4) is 0 Å². The molecule has 26 heavy (non-hydrogen) atoms. The highest BCUT2D eigenvalue weighted by Gasteiger charge is 2.40. The van der Waals surface area contributed by atoms with Gasteiger partial charge in [0, 0.05) is 6.54 Å². The number of nitrogens with zero attached hydrogens (tertiary/aromatic N) is 1. The minimum atomic E-state index is -0.237. The Morgan fingerprint density at radius 2 is 1.77 bits per heavy atom. The van der Waals surface area contributed by atoms with Crippen molar-refractivity contribution < 1.29 is 0 Å². The van der Waals surface area contributed by atoms with E-state index in [9.17, 15) is 0 Å². The van der Waals surface area contributed by atoms with Crippen LogP contribution in [0, 0.1) is 0 Å². The molecule has 0 bridgehead atoms. The molecule has 0 aromatic heterocycles. The topological polar surface area (TPSA) is 60.5 Å². The van der Waals surface area contributed by atoms with Gasteiger partial charge in [-0.1, -0.05) is 53.5 Å². The largest absolute Gasteiger partial charge is 0.371 e. The number of aliphatic imine (C=N–C) groups is 1. The molecule has 1 saturated heterocycles. The lowest BCUT2D eigenvalue weighted by molar-refractivity contribution is 0.407. The number of benzene rings is 2. The summed E-state index contributed by atoms with van der Waals surface area (Å²) in [6, 6.07) is 13.9. The molecule has 1 spiro atoms. The Bertz CT molecular complexity index is 816. The SMILES string of the molecule is Clc1cc2c(cc1Cl)NC1(CCNCC1)C(NNCc1ccccc1)=N2. The normalized spacial score (nSPS) is 18.0. The lowest BCUT2D eigenvalue weighted by Crippen LogP contribution is -2.60. The van der Waals surface area contributed by atoms with Gasteiger partial charge in [-0.05, 0) is 43.6 Å². The van der Waals surface area contributed by atoms with Gasteiger partial charge >= 0.3 is 0 Å². The minimum absolute atomic E-state index is 0.237. The Morgan fingerprint density at radius 1 is 1.04 bits per heavy atom. The molecule has 2 aliphatic rings. The summed E-state index contributed by atoms with van der Waals surface area (Å²) >= 11 is 12.4. The summed E-state index contributed by atoms with van der Waals surface area (Å²) in [4.78, 5) is 4.87. The van der Waals surface area contributed by atoms with Crippen LogP contribution in [0.15, 0.2) is 47.5 Å². The standard InChI is InChI=1S/C19H21Cl2N5/c20-14-10-16-17(11-15(14)21)25-19(6-8-22-9-7-19)18(24-16)26-23-12-13-4-2-1-3-5-13/h1-5,10-11,22-23,25H,6-9,12H2,(H,24,26). The first-order valence-corrected chi connectivity index (χ1v) is 9.52. The summed E-state index contributed by atoms with van der Waals surface area (Å²) in [6.45, 7) is 2.58. The minimum Gasteiger partial charge on any atom is -0.371 e. The van der Waals surface area contributed by atoms with Gasteiger partial charge in [-0.3, -0.25) is 0 Å². The third-order valence-corrected chi connectivity index (χ3v) is 5.62. The van der Waals surface area contributed by atoms with Crippen LogP contribution in [0.1, 0.15) is 18.4 Å². The van der Waals surface area contributed by atoms with E-state index in [-0.39, 0.29) is 5.54 Å². The lowest BCUT2D eigenvalue weighted by atomic mass is 9.85. The van der Waals surface area contributed by atoms with E-state index >= 15 is 0 Å². The summed E-state index contributed by atoms with van der Waals surface area (Å²) in [5, 5.41) is 8.12. The number of hydrogen-bond donors (Lipinski definition) is 4. The third-order valence-electron chi connectivity index (χ3n) is 4.90. The van der Waals surface area contributed by atoms with E-state index in [1.807, 2.05) is 24.3 Å². The van der Waals surface area contributed by atoms with Gasteiger partial charge in [-0.15, -0.1) is 0 Å². The van der Waals surface area contributed by atoms with Gasteiger partial charge in [-0.25, -0.2) is 10.4 Å². The van der Waals surface area contributed by atoms with Crippen molar-refractivity contribution in [2.45, 2.75) is 24.9 Å². The molecule has 2 heterocycles. The molecular weight excluding hydrogens is 369 g/mol. The summed E-state index contributed by atoms with van der Waals surface area (Å²) in [5.74, 6) is 0.890. The third kappa shape index (κ3) is 3.53. The highest BCUT2D eigenvalue weighted by molar-refractivity contribution is 6.42. The van der Waals surface area contributed by atoms with Crippen molar-refractivity contribution in [2.75, 3.05) is 18.4 Å². The highest BCUT2D eigenvalue weighted by Crippen LogP contribution is 2.41. The van der Waals surface area contributed by atoms with Gasteiger partial charge in [0.25, 0.3) is 0 Å². The number of amidine groups is 1. The molecule has 4 N–H and O–H groups in total. The van der Waals surface area contributed by atoms with Crippen LogP contribution in [0.5, 0.6) is 0 Å². The van der Waals surface area contributed by atoms with Crippen molar-refractivity contribution in [1.29, 1.82) is 0 Å². The van der Waals surface area contributed by atoms with E-state index in [4.69, 9.17) is 28.2 Å². The first kappa shape index (κ1) is 17.6. The molecule has 2 aromatic rings. The second-order valence-corrected chi connectivity index (χ2v) is 7.48. The zero-order valence-corrected chi connectivity index (χ0v) is 15.8. The average molecular weight is 390 g/mol. The van der Waals surface area contributed by atoms with E-state index in [0.717, 1.165) is 43.1 Å². The van der Waals surface area contributed by atoms with E-state index in [1.54, 1.807) is 6.07 Å². The zero-order valence-electron chi connectivity index (χ0n) is 14.3. The summed E-state index contributed by atoms with van der Waals surface area (Å²) in [6.07, 6.45) is 1.87. The molecule has 0 radical (unpaired) electrons. The summed E-state index contributed by atoms with van der Waals surface area (Å²) in [7, 11) is 0. The van der Waals surface area contributed by atoms with Crippen LogP contribution in [-0.4, -0.2) is 24.5 Å². The maximum atomic E-state index is 6.20. The molecule has 0 unspecified atom stereocenters. The molecule has 2 aliphatic heterocycles. The predicted octanol–water partition coefficient (Wildman–Crippen LogP) is 3.87. The van der Waals surface area contributed by atoms with E-state index in [2.05, 4.69) is 33.6 Å². The van der Waals surface area contributed by atoms with Crippen LogP contribution in [0.4, 0.5) is 11.4 Å². The second kappa shape index (κ2) is 7.45. The number of rotatable bonds is 3. The summed E-state index contributed by atoms with van der Waals surface area (Å²) in [5.41, 5.74) is 9.33. The molecular formula is C19H21Cl2N5. The Morgan fingerprint density at radius 3 is 2.54 bits per heavy atom. The molecule has 0 amide bonds. The van der Waals surface area contributed by atoms with Crippen molar-refractivity contribution in [3.8, 4) is 0 Å². The Hall–Kier alpha value is -1.79. The van der Waals surface area contributed by atoms with Gasteiger partial charge in [0.2, 0.25) is 0 Å². The van der Waals surface area contributed by atoms with Crippen LogP contribution >= 0.6 is 23.2 Å². The smallest absolute Gasteiger partial charge is 0.142 e. The second-order valence-electron chi connectivity index (χ2n) is 6.67. The van der Waals surface area contributed by atoms with Crippen LogP contribution in [-0.2, 0) is 6.54 Å². The van der Waals surface area contributed by atoms with E-state index in [1.165, 1.54) is 5.56 Å². The number of anilines is 1. The van der Waals surface area contributed by atoms with Crippen molar-refractivity contribution in [3.63, 3.8) is 0 Å². The summed E-state index contributed by atoms with van der Waals surface area (Å²) < 4.78 is 0. The molecule has 2 aromatic carbocycles. The van der Waals surface area contributed by atoms with E-state index in [0.29, 0.717) is 16.6 Å². The van der Waals surface area contributed by atoms with Crippen LogP contribution in [0.25, 0.3) is 0 Å². The first-order valence-electron chi connectivity index (χ1n) is 8.76. The molecule has 0 aliphatic carbocycles. The lowest BCUT2D eigenvalue weighted by Gasteiger charge is -2.42. The maximum Gasteiger partial charge on any atom is 0.142 e. The quantitative estimate of drug-likeness (QED) is 0.601. The number of halogens is 2. The number of nitrogens with one attached hydrogen (secondary N) is 4. The van der Waals surface area contributed by atoms with E-state index < -0.39 is 0 Å². The molecule has 7 heteroatoms. The van der Waals surface area contributed by atoms with Crippen LogP contribution in [0.2, 0.25) is 10.0 Å². The number of piperidine rings is 1. The number of hydrazine groups is 1. The first-order chi connectivity index (χ1) is 12.7. The fraction of sp³-hybridized carbons (Fsp3) is 0.316. The monoisotopic (exact) mass is 389 g/mol. The van der Waals surface area contributed by atoms with Gasteiger partial charge in [0.1, 0.15) is 5.84 Å². The number of fused-ring (bicyclic) bond motifs is 1. The molecule has 5 nitrogen and oxygen atoms in total. The number of hydrogen-bond acceptors (Lipinski definition) is 5. The molecule has 136 valence electrons. The fourth-order valence-electron chi connectivity index (χ4n) is 3.46.